The van der Waals surface area contributed by atoms with Crippen molar-refractivity contribution in [2.75, 3.05) is 5.73 Å². The van der Waals surface area contributed by atoms with Crippen LogP contribution in [0.25, 0.3) is 0 Å². The largest absolute Gasteiger partial charge is 0.483 e. The zero-order valence-corrected chi connectivity index (χ0v) is 7.18. The lowest BCUT2D eigenvalue weighted by atomic mass is 10.2. The molecule has 0 unspecified atom stereocenters. The Balaban J connectivity index is 0.000000251. The molecular formula is C9H12N2O2. The normalized spacial score (nSPS) is 14.2. The average Bonchev–Trinajstić information content (AvgIpc) is 2.90. The summed E-state index contributed by atoms with van der Waals surface area (Å²) in [5.74, 6) is 1.40. The Hall–Kier alpha value is -1.58. The van der Waals surface area contributed by atoms with E-state index in [4.69, 9.17) is 15.6 Å². The number of hydrogen-bond donors (Lipinski definition) is 2. The molecule has 1 heterocycles. The molecule has 2 rings (SSSR count). The smallest absolute Gasteiger partial charge is 0.290 e. The van der Waals surface area contributed by atoms with Gasteiger partial charge in [0.25, 0.3) is 6.47 Å². The second-order valence-corrected chi connectivity index (χ2v) is 2.90. The van der Waals surface area contributed by atoms with Gasteiger partial charge >= 0.3 is 0 Å². The van der Waals surface area contributed by atoms with Crippen molar-refractivity contribution in [1.29, 1.82) is 0 Å². The van der Waals surface area contributed by atoms with Crippen LogP contribution < -0.4 is 5.73 Å². The Labute approximate surface area is 76.4 Å². The number of aromatic nitrogens is 1. The van der Waals surface area contributed by atoms with Crippen LogP contribution in [0, 0.1) is 0 Å². The summed E-state index contributed by atoms with van der Waals surface area (Å²) in [6.07, 6.45) is 4.53. The van der Waals surface area contributed by atoms with Crippen LogP contribution in [0.4, 0.5) is 5.82 Å². The van der Waals surface area contributed by atoms with E-state index >= 15 is 0 Å². The van der Waals surface area contributed by atoms with Gasteiger partial charge in [-0.3, -0.25) is 4.79 Å². The summed E-state index contributed by atoms with van der Waals surface area (Å²) in [5.41, 5.74) is 6.78. The van der Waals surface area contributed by atoms with Gasteiger partial charge in [0.05, 0.1) is 0 Å². The lowest BCUT2D eigenvalue weighted by molar-refractivity contribution is -0.122. The van der Waals surface area contributed by atoms with Crippen LogP contribution in [0.2, 0.25) is 0 Å². The second kappa shape index (κ2) is 4.45. The fourth-order valence-electron chi connectivity index (χ4n) is 1.07. The van der Waals surface area contributed by atoms with E-state index in [1.54, 1.807) is 0 Å². The third kappa shape index (κ3) is 3.11. The Kier molecular flexibility index (Phi) is 3.25. The number of hydrogen-bond acceptors (Lipinski definition) is 3. The van der Waals surface area contributed by atoms with E-state index in [9.17, 15) is 0 Å². The molecule has 1 aromatic rings. The van der Waals surface area contributed by atoms with E-state index in [1.165, 1.54) is 18.4 Å². The highest BCUT2D eigenvalue weighted by Crippen LogP contribution is 2.39. The van der Waals surface area contributed by atoms with Gasteiger partial charge in [-0.25, -0.2) is 4.98 Å². The molecular weight excluding hydrogens is 168 g/mol. The average molecular weight is 180 g/mol. The number of nitrogens with zero attached hydrogens (tertiary/aromatic N) is 1. The predicted molar refractivity (Wildman–Crippen MR) is 49.3 cm³/mol. The van der Waals surface area contributed by atoms with Crippen molar-refractivity contribution in [2.24, 2.45) is 0 Å². The Bertz CT molecular complexity index is 267. The van der Waals surface area contributed by atoms with Gasteiger partial charge in [0.15, 0.2) is 0 Å². The number of carbonyl (C=O) groups is 1. The van der Waals surface area contributed by atoms with E-state index in [-0.39, 0.29) is 6.47 Å². The molecule has 0 aromatic carbocycles. The van der Waals surface area contributed by atoms with Crippen molar-refractivity contribution >= 4 is 12.3 Å². The minimum Gasteiger partial charge on any atom is -0.483 e. The Morgan fingerprint density at radius 1 is 1.54 bits per heavy atom. The first-order chi connectivity index (χ1) is 6.27. The quantitative estimate of drug-likeness (QED) is 0.637. The first kappa shape index (κ1) is 9.51. The molecule has 1 aliphatic rings. The minimum absolute atomic E-state index is 0.250. The van der Waals surface area contributed by atoms with E-state index in [0.717, 1.165) is 5.92 Å². The summed E-state index contributed by atoms with van der Waals surface area (Å²) in [5, 5.41) is 6.89. The van der Waals surface area contributed by atoms with Crippen LogP contribution in [0.1, 0.15) is 24.3 Å². The number of anilines is 1. The summed E-state index contributed by atoms with van der Waals surface area (Å²) in [6.45, 7) is -0.250. The highest BCUT2D eigenvalue weighted by Gasteiger charge is 2.23. The molecule has 0 bridgehead atoms. The molecule has 1 saturated carbocycles. The number of nitrogens with two attached hydrogens (primary N) is 1. The summed E-state index contributed by atoms with van der Waals surface area (Å²) in [6, 6.07) is 3.94. The van der Waals surface area contributed by atoms with Crippen LogP contribution in [0.5, 0.6) is 0 Å². The molecule has 1 aliphatic carbocycles. The van der Waals surface area contributed by atoms with Crippen molar-refractivity contribution in [3.8, 4) is 0 Å². The highest BCUT2D eigenvalue weighted by atomic mass is 16.3. The van der Waals surface area contributed by atoms with Gasteiger partial charge in [-0.05, 0) is 30.4 Å². The van der Waals surface area contributed by atoms with Crippen molar-refractivity contribution in [1.82, 2.24) is 4.98 Å². The molecule has 0 radical (unpaired) electrons. The van der Waals surface area contributed by atoms with Crippen molar-refractivity contribution < 1.29 is 9.90 Å². The second-order valence-electron chi connectivity index (χ2n) is 2.90. The molecule has 0 atom stereocenters. The SMILES string of the molecule is Nc1ccc(C2CC2)cn1.O=CO. The van der Waals surface area contributed by atoms with Crippen LogP contribution in [0.15, 0.2) is 18.3 Å². The van der Waals surface area contributed by atoms with Crippen LogP contribution in [-0.4, -0.2) is 16.6 Å². The standard InChI is InChI=1S/C8H10N2.CH2O2/c9-8-4-3-7(5-10-8)6-1-2-6;2-1-3/h3-6H,1-2H2,(H2,9,10);1H,(H,2,3). The number of nitrogen functional groups attached to an aromatic ring is 1. The Morgan fingerprint density at radius 3 is 2.54 bits per heavy atom. The summed E-state index contributed by atoms with van der Waals surface area (Å²) in [4.78, 5) is 12.4. The first-order valence-electron chi connectivity index (χ1n) is 4.07. The molecule has 0 amide bonds. The van der Waals surface area contributed by atoms with Crippen LogP contribution in [0.3, 0.4) is 0 Å². The lowest BCUT2D eigenvalue weighted by Crippen LogP contribution is -1.89. The molecule has 1 fully saturated rings. The molecule has 13 heavy (non-hydrogen) atoms. The van der Waals surface area contributed by atoms with Gasteiger partial charge < -0.3 is 10.8 Å². The van der Waals surface area contributed by atoms with Crippen LogP contribution in [-0.2, 0) is 4.79 Å². The third-order valence-electron chi connectivity index (χ3n) is 1.86. The maximum Gasteiger partial charge on any atom is 0.290 e. The zero-order valence-electron chi connectivity index (χ0n) is 7.18. The monoisotopic (exact) mass is 180 g/mol. The van der Waals surface area contributed by atoms with Crippen molar-refractivity contribution in [2.45, 2.75) is 18.8 Å². The number of carboxylic acid groups (broad SMARTS) is 1. The van der Waals surface area contributed by atoms with E-state index in [2.05, 4.69) is 11.1 Å². The summed E-state index contributed by atoms with van der Waals surface area (Å²) < 4.78 is 0. The molecule has 3 N–H and O–H groups in total. The molecule has 4 nitrogen and oxygen atoms in total. The number of pyridine rings is 1. The van der Waals surface area contributed by atoms with E-state index in [1.807, 2.05) is 12.3 Å². The van der Waals surface area contributed by atoms with E-state index < -0.39 is 0 Å². The molecule has 0 saturated heterocycles. The zero-order chi connectivity index (χ0) is 9.68. The van der Waals surface area contributed by atoms with Crippen molar-refractivity contribution in [3.63, 3.8) is 0 Å². The molecule has 70 valence electrons. The third-order valence-corrected chi connectivity index (χ3v) is 1.86. The highest BCUT2D eigenvalue weighted by molar-refractivity contribution is 5.32. The fourth-order valence-corrected chi connectivity index (χ4v) is 1.07. The summed E-state index contributed by atoms with van der Waals surface area (Å²) >= 11 is 0. The van der Waals surface area contributed by atoms with Gasteiger partial charge in [-0.1, -0.05) is 6.07 Å². The molecule has 1 aromatic heterocycles. The van der Waals surface area contributed by atoms with Crippen molar-refractivity contribution in [3.05, 3.63) is 23.9 Å². The van der Waals surface area contributed by atoms with E-state index in [0.29, 0.717) is 5.82 Å². The van der Waals surface area contributed by atoms with Gasteiger partial charge in [0.2, 0.25) is 0 Å². The first-order valence-corrected chi connectivity index (χ1v) is 4.07. The van der Waals surface area contributed by atoms with Gasteiger partial charge in [-0.2, -0.15) is 0 Å². The lowest BCUT2D eigenvalue weighted by Gasteiger charge is -1.95. The van der Waals surface area contributed by atoms with Gasteiger partial charge in [0, 0.05) is 6.20 Å². The van der Waals surface area contributed by atoms with Gasteiger partial charge in [-0.15, -0.1) is 0 Å². The minimum atomic E-state index is -0.250. The van der Waals surface area contributed by atoms with Crippen LogP contribution >= 0.6 is 0 Å². The maximum atomic E-state index is 8.36. The maximum absolute atomic E-state index is 8.36. The molecule has 0 aliphatic heterocycles. The molecule has 4 heteroatoms. The summed E-state index contributed by atoms with van der Waals surface area (Å²) in [7, 11) is 0. The fraction of sp³-hybridized carbons (Fsp3) is 0.333. The Morgan fingerprint density at radius 2 is 2.15 bits per heavy atom. The predicted octanol–water partition coefficient (Wildman–Crippen LogP) is 1.24. The topological polar surface area (TPSA) is 76.2 Å². The van der Waals surface area contributed by atoms with Gasteiger partial charge in [0.1, 0.15) is 5.82 Å². The molecule has 0 spiro atoms. The number of rotatable bonds is 1.